The normalized spacial score (nSPS) is 21.4. The highest BCUT2D eigenvalue weighted by Gasteiger charge is 2.15. The van der Waals surface area contributed by atoms with Gasteiger partial charge in [-0.15, -0.1) is 0 Å². The molecule has 1 aromatic rings. The van der Waals surface area contributed by atoms with Crippen molar-refractivity contribution in [2.45, 2.75) is 24.1 Å². The molecule has 2 rings (SSSR count). The third-order valence-corrected chi connectivity index (χ3v) is 3.44. The van der Waals surface area contributed by atoms with E-state index in [0.29, 0.717) is 6.10 Å². The Morgan fingerprint density at radius 2 is 2.29 bits per heavy atom. The fraction of sp³-hybridized carbons (Fsp3) is 0.556. The van der Waals surface area contributed by atoms with E-state index in [1.807, 2.05) is 0 Å². The smallest absolute Gasteiger partial charge is 0.187 e. The largest absolute Gasteiger partial charge is 0.377 e. The summed E-state index contributed by atoms with van der Waals surface area (Å²) in [6.45, 7) is 0.909. The van der Waals surface area contributed by atoms with Crippen LogP contribution in [0, 0.1) is 0 Å². The third-order valence-electron chi connectivity index (χ3n) is 2.02. The lowest BCUT2D eigenvalue weighted by Crippen LogP contribution is -2.08. The summed E-state index contributed by atoms with van der Waals surface area (Å²) in [5.74, 6) is 0.960. The molecule has 5 heteroatoms. The van der Waals surface area contributed by atoms with Crippen molar-refractivity contribution in [1.29, 1.82) is 0 Å². The number of hydrogen-bond donors (Lipinski definition) is 0. The molecule has 0 radical (unpaired) electrons. The fourth-order valence-electron chi connectivity index (χ4n) is 1.32. The Bertz CT molecular complexity index is 287. The van der Waals surface area contributed by atoms with Gasteiger partial charge in [0.15, 0.2) is 5.16 Å². The molecular formula is C9H11BrN2OS. The van der Waals surface area contributed by atoms with Gasteiger partial charge < -0.3 is 4.74 Å². The number of thioether (sulfide) groups is 1. The van der Waals surface area contributed by atoms with Crippen LogP contribution in [-0.2, 0) is 4.74 Å². The number of aromatic nitrogens is 2. The second-order valence-corrected chi connectivity index (χ2v) is 5.03. The maximum Gasteiger partial charge on any atom is 0.187 e. The van der Waals surface area contributed by atoms with Crippen LogP contribution < -0.4 is 0 Å². The van der Waals surface area contributed by atoms with Crippen LogP contribution in [0.4, 0.5) is 0 Å². The van der Waals surface area contributed by atoms with Crippen molar-refractivity contribution in [3.05, 3.63) is 16.9 Å². The van der Waals surface area contributed by atoms with E-state index in [1.165, 1.54) is 12.8 Å². The Balaban J connectivity index is 1.82. The topological polar surface area (TPSA) is 35.0 Å². The van der Waals surface area contributed by atoms with Gasteiger partial charge >= 0.3 is 0 Å². The Hall–Kier alpha value is -0.130. The zero-order valence-electron chi connectivity index (χ0n) is 7.65. The maximum atomic E-state index is 5.51. The summed E-state index contributed by atoms with van der Waals surface area (Å²) in [4.78, 5) is 8.38. The van der Waals surface area contributed by atoms with Gasteiger partial charge in [0.1, 0.15) is 0 Å². The first-order chi connectivity index (χ1) is 6.84. The van der Waals surface area contributed by atoms with Gasteiger partial charge in [-0.25, -0.2) is 9.97 Å². The van der Waals surface area contributed by atoms with E-state index >= 15 is 0 Å². The van der Waals surface area contributed by atoms with Crippen LogP contribution in [0.1, 0.15) is 12.8 Å². The predicted molar refractivity (Wildman–Crippen MR) is 59.4 cm³/mol. The zero-order chi connectivity index (χ0) is 9.80. The molecule has 0 N–H and O–H groups in total. The zero-order valence-corrected chi connectivity index (χ0v) is 10.1. The molecule has 1 aliphatic heterocycles. The average Bonchev–Trinajstić information content (AvgIpc) is 2.70. The van der Waals surface area contributed by atoms with E-state index in [1.54, 1.807) is 24.2 Å². The minimum atomic E-state index is 0.396. The van der Waals surface area contributed by atoms with Gasteiger partial charge in [-0.3, -0.25) is 0 Å². The highest BCUT2D eigenvalue weighted by Crippen LogP contribution is 2.21. The molecule has 0 aromatic carbocycles. The molecule has 0 spiro atoms. The molecule has 76 valence electrons. The molecule has 1 saturated heterocycles. The van der Waals surface area contributed by atoms with Crippen LogP contribution in [0.3, 0.4) is 0 Å². The lowest BCUT2D eigenvalue weighted by atomic mass is 10.3. The molecule has 1 fully saturated rings. The van der Waals surface area contributed by atoms with E-state index in [9.17, 15) is 0 Å². The predicted octanol–water partition coefficient (Wildman–Crippen LogP) is 2.51. The van der Waals surface area contributed by atoms with Crippen LogP contribution >= 0.6 is 27.7 Å². The number of halogens is 1. The average molecular weight is 275 g/mol. The monoisotopic (exact) mass is 274 g/mol. The van der Waals surface area contributed by atoms with Crippen molar-refractivity contribution >= 4 is 27.7 Å². The van der Waals surface area contributed by atoms with E-state index in [4.69, 9.17) is 4.74 Å². The van der Waals surface area contributed by atoms with Gasteiger partial charge in [0.2, 0.25) is 0 Å². The lowest BCUT2D eigenvalue weighted by Gasteiger charge is -2.06. The van der Waals surface area contributed by atoms with Gasteiger partial charge in [-0.1, -0.05) is 11.8 Å². The molecule has 1 atom stereocenters. The van der Waals surface area contributed by atoms with Gasteiger partial charge in [-0.2, -0.15) is 0 Å². The van der Waals surface area contributed by atoms with Crippen molar-refractivity contribution in [3.8, 4) is 0 Å². The highest BCUT2D eigenvalue weighted by atomic mass is 79.9. The molecule has 0 aliphatic carbocycles. The summed E-state index contributed by atoms with van der Waals surface area (Å²) >= 11 is 4.96. The van der Waals surface area contributed by atoms with Crippen molar-refractivity contribution in [2.24, 2.45) is 0 Å². The summed E-state index contributed by atoms with van der Waals surface area (Å²) in [6, 6.07) is 0. The molecule has 14 heavy (non-hydrogen) atoms. The molecule has 1 aromatic heterocycles. The molecule has 1 unspecified atom stereocenters. The molecule has 0 bridgehead atoms. The minimum Gasteiger partial charge on any atom is -0.377 e. The standard InChI is InChI=1S/C9H11BrN2OS/c10-7-4-11-9(12-5-7)14-6-8-2-1-3-13-8/h4-5,8H,1-3,6H2. The van der Waals surface area contributed by atoms with E-state index < -0.39 is 0 Å². The second-order valence-electron chi connectivity index (χ2n) is 3.13. The van der Waals surface area contributed by atoms with Crippen LogP contribution in [0.25, 0.3) is 0 Å². The van der Waals surface area contributed by atoms with Crippen LogP contribution in [0.2, 0.25) is 0 Å². The summed E-state index contributed by atoms with van der Waals surface area (Å²) in [7, 11) is 0. The summed E-state index contributed by atoms with van der Waals surface area (Å²) < 4.78 is 6.43. The molecule has 0 amide bonds. The van der Waals surface area contributed by atoms with Crippen LogP contribution in [-0.4, -0.2) is 28.4 Å². The Morgan fingerprint density at radius 1 is 1.50 bits per heavy atom. The van der Waals surface area contributed by atoms with Crippen molar-refractivity contribution in [1.82, 2.24) is 9.97 Å². The van der Waals surface area contributed by atoms with E-state index in [-0.39, 0.29) is 0 Å². The van der Waals surface area contributed by atoms with Crippen molar-refractivity contribution in [2.75, 3.05) is 12.4 Å². The summed E-state index contributed by atoms with van der Waals surface area (Å²) in [5.41, 5.74) is 0. The number of ether oxygens (including phenoxy) is 1. The highest BCUT2D eigenvalue weighted by molar-refractivity contribution is 9.10. The Labute approximate surface area is 95.8 Å². The number of nitrogens with zero attached hydrogens (tertiary/aromatic N) is 2. The molecule has 2 heterocycles. The molecule has 1 aliphatic rings. The molecule has 3 nitrogen and oxygen atoms in total. The SMILES string of the molecule is Brc1cnc(SCC2CCCO2)nc1. The summed E-state index contributed by atoms with van der Waals surface area (Å²) in [5, 5.41) is 0.823. The first-order valence-electron chi connectivity index (χ1n) is 4.56. The third kappa shape index (κ3) is 2.93. The van der Waals surface area contributed by atoms with E-state index in [0.717, 1.165) is 22.0 Å². The van der Waals surface area contributed by atoms with Gasteiger partial charge in [0, 0.05) is 24.8 Å². The molecular weight excluding hydrogens is 264 g/mol. The Kier molecular flexibility index (Phi) is 3.78. The van der Waals surface area contributed by atoms with Gasteiger partial charge in [0.05, 0.1) is 10.6 Å². The fourth-order valence-corrected chi connectivity index (χ4v) is 2.38. The second kappa shape index (κ2) is 5.09. The first-order valence-corrected chi connectivity index (χ1v) is 6.34. The lowest BCUT2D eigenvalue weighted by molar-refractivity contribution is 0.129. The van der Waals surface area contributed by atoms with Crippen LogP contribution in [0.15, 0.2) is 22.0 Å². The van der Waals surface area contributed by atoms with Crippen molar-refractivity contribution in [3.63, 3.8) is 0 Å². The van der Waals surface area contributed by atoms with Crippen LogP contribution in [0.5, 0.6) is 0 Å². The Morgan fingerprint density at radius 3 is 2.93 bits per heavy atom. The molecule has 0 saturated carbocycles. The summed E-state index contributed by atoms with van der Waals surface area (Å²) in [6.07, 6.45) is 6.29. The maximum absolute atomic E-state index is 5.51. The quantitative estimate of drug-likeness (QED) is 0.627. The minimum absolute atomic E-state index is 0.396. The number of rotatable bonds is 3. The first kappa shape index (κ1) is 10.4. The van der Waals surface area contributed by atoms with Gasteiger partial charge in [-0.05, 0) is 28.8 Å². The van der Waals surface area contributed by atoms with Gasteiger partial charge in [0.25, 0.3) is 0 Å². The van der Waals surface area contributed by atoms with E-state index in [2.05, 4.69) is 25.9 Å². The number of hydrogen-bond acceptors (Lipinski definition) is 4. The van der Waals surface area contributed by atoms with Crippen molar-refractivity contribution < 1.29 is 4.74 Å².